The van der Waals surface area contributed by atoms with E-state index in [-0.39, 0.29) is 0 Å². The molecule has 0 aromatic rings. The molecule has 10 heavy (non-hydrogen) atoms. The van der Waals surface area contributed by atoms with Gasteiger partial charge in [0.05, 0.1) is 5.92 Å². The minimum Gasteiger partial charge on any atom is -0.171 e. The van der Waals surface area contributed by atoms with Crippen molar-refractivity contribution in [2.75, 3.05) is 6.38 Å². The molecule has 1 aliphatic carbocycles. The summed E-state index contributed by atoms with van der Waals surface area (Å²) in [6.07, 6.45) is -0.977. The van der Waals surface area contributed by atoms with E-state index < -0.39 is 12.1 Å². The summed E-state index contributed by atoms with van der Waals surface area (Å²) in [4.78, 5) is 0. The van der Waals surface area contributed by atoms with Crippen molar-refractivity contribution in [2.24, 2.45) is 5.92 Å². The smallest absolute Gasteiger partial charge is 0.171 e. The second-order valence-corrected chi connectivity index (χ2v) is 2.17. The van der Waals surface area contributed by atoms with Crippen LogP contribution in [0.4, 0.5) is 13.2 Å². The third-order valence-electron chi connectivity index (χ3n) is 1.57. The van der Waals surface area contributed by atoms with Gasteiger partial charge in [-0.25, -0.2) is 0 Å². The molecule has 0 spiro atoms. The first-order valence-corrected chi connectivity index (χ1v) is 3.81. The highest BCUT2D eigenvalue weighted by molar-refractivity contribution is 6.15. The van der Waals surface area contributed by atoms with Gasteiger partial charge in [0.2, 0.25) is 0 Å². The van der Waals surface area contributed by atoms with Crippen molar-refractivity contribution >= 4 is 11.6 Å². The lowest BCUT2D eigenvalue weighted by Gasteiger charge is -2.27. The monoisotopic (exact) mass is 174 g/mol. The quantitative estimate of drug-likeness (QED) is 0.495. The van der Waals surface area contributed by atoms with E-state index in [1.54, 1.807) is 0 Å². The van der Waals surface area contributed by atoms with Gasteiger partial charge in [0, 0.05) is 6.38 Å². The van der Waals surface area contributed by atoms with Crippen LogP contribution in [-0.2, 0) is 0 Å². The summed E-state index contributed by atoms with van der Waals surface area (Å²) in [5, 5.41) is 0. The molecule has 0 heterocycles. The Morgan fingerprint density at radius 2 is 1.60 bits per heavy atom. The van der Waals surface area contributed by atoms with E-state index in [2.05, 4.69) is 11.6 Å². The Labute approximate surface area is 63.4 Å². The highest BCUT2D eigenvalue weighted by Crippen LogP contribution is 2.40. The van der Waals surface area contributed by atoms with Crippen LogP contribution in [0.3, 0.4) is 0 Å². The van der Waals surface area contributed by atoms with Gasteiger partial charge in [-0.15, -0.1) is 11.6 Å². The molecule has 0 aromatic heterocycles. The summed E-state index contributed by atoms with van der Waals surface area (Å²) in [6, 6.07) is 0. The van der Waals surface area contributed by atoms with Gasteiger partial charge in [0.15, 0.2) is 0 Å². The molecule has 0 radical (unpaired) electrons. The van der Waals surface area contributed by atoms with E-state index >= 15 is 0 Å². The van der Waals surface area contributed by atoms with Crippen LogP contribution < -0.4 is 0 Å². The molecule has 1 fully saturated rings. The summed E-state index contributed by atoms with van der Waals surface area (Å²) in [5.41, 5.74) is 0. The number of halogens is 4. The van der Waals surface area contributed by atoms with Gasteiger partial charge in [-0.1, -0.05) is 6.42 Å². The molecule has 1 rings (SSSR count). The molecule has 1 aliphatic rings. The Balaban J connectivity index is 0.000000371. The first kappa shape index (κ1) is 10.1. The zero-order valence-corrected chi connectivity index (χ0v) is 6.47. The Bertz CT molecular complexity index is 85.5. The molecule has 0 amide bonds. The number of hydrogen-bond acceptors (Lipinski definition) is 0. The summed E-state index contributed by atoms with van der Waals surface area (Å²) < 4.78 is 34.5. The highest BCUT2D eigenvalue weighted by atomic mass is 35.5. The maximum atomic E-state index is 11.5. The summed E-state index contributed by atoms with van der Waals surface area (Å²) in [5.74, 6) is -0.970. The molecule has 0 atom stereocenters. The first-order valence-electron chi connectivity index (χ1n) is 3.05. The summed E-state index contributed by atoms with van der Waals surface area (Å²) in [7, 11) is 0. The molecule has 0 aliphatic heterocycles. The maximum absolute atomic E-state index is 11.5. The summed E-state index contributed by atoms with van der Waals surface area (Å²) >= 11 is 4.64. The molecule has 0 saturated heterocycles. The van der Waals surface area contributed by atoms with Crippen LogP contribution in [0.15, 0.2) is 0 Å². The molecule has 4 heteroatoms. The van der Waals surface area contributed by atoms with Gasteiger partial charge in [0.1, 0.15) is 0 Å². The minimum absolute atomic E-state index is 0.351. The second kappa shape index (κ2) is 4.06. The van der Waals surface area contributed by atoms with Gasteiger partial charge < -0.3 is 0 Å². The van der Waals surface area contributed by atoms with Crippen LogP contribution in [0.1, 0.15) is 19.3 Å². The van der Waals surface area contributed by atoms with Gasteiger partial charge in [0.25, 0.3) is 0 Å². The van der Waals surface area contributed by atoms with Crippen LogP contribution >= 0.6 is 11.6 Å². The Kier molecular flexibility index (Phi) is 4.09. The van der Waals surface area contributed by atoms with Gasteiger partial charge in [-0.05, 0) is 12.8 Å². The average molecular weight is 175 g/mol. The average Bonchev–Trinajstić information content (AvgIpc) is 1.61. The topological polar surface area (TPSA) is 0 Å². The standard InChI is InChI=1S/C5H7F3.CH3Cl/c6-5(7,8)4-2-1-3-4;1-2/h4H,1-3H2;1H3. The van der Waals surface area contributed by atoms with Crippen LogP contribution in [0.25, 0.3) is 0 Å². The van der Waals surface area contributed by atoms with Crippen molar-refractivity contribution in [3.05, 3.63) is 0 Å². The molecule has 0 aromatic carbocycles. The van der Waals surface area contributed by atoms with Crippen molar-refractivity contribution < 1.29 is 13.2 Å². The van der Waals surface area contributed by atoms with Crippen LogP contribution in [-0.4, -0.2) is 12.6 Å². The lowest BCUT2D eigenvalue weighted by molar-refractivity contribution is -0.193. The number of rotatable bonds is 0. The fraction of sp³-hybridized carbons (Fsp3) is 1.00. The molecule has 0 unspecified atom stereocenters. The third-order valence-corrected chi connectivity index (χ3v) is 1.57. The Morgan fingerprint density at radius 1 is 1.20 bits per heavy atom. The van der Waals surface area contributed by atoms with Crippen molar-refractivity contribution in [1.82, 2.24) is 0 Å². The lowest BCUT2D eigenvalue weighted by Crippen LogP contribution is -2.28. The van der Waals surface area contributed by atoms with E-state index in [0.717, 1.165) is 6.42 Å². The molecular formula is C6H10ClF3. The van der Waals surface area contributed by atoms with E-state index in [1.165, 1.54) is 6.38 Å². The van der Waals surface area contributed by atoms with E-state index in [4.69, 9.17) is 0 Å². The van der Waals surface area contributed by atoms with Crippen LogP contribution in [0.5, 0.6) is 0 Å². The Morgan fingerprint density at radius 3 is 1.60 bits per heavy atom. The third kappa shape index (κ3) is 2.78. The minimum atomic E-state index is -3.90. The highest BCUT2D eigenvalue weighted by Gasteiger charge is 2.42. The van der Waals surface area contributed by atoms with Gasteiger partial charge >= 0.3 is 6.18 Å². The van der Waals surface area contributed by atoms with Crippen molar-refractivity contribution in [2.45, 2.75) is 25.4 Å². The summed E-state index contributed by atoms with van der Waals surface area (Å²) in [6.45, 7) is 0. The maximum Gasteiger partial charge on any atom is 0.391 e. The van der Waals surface area contributed by atoms with Crippen LogP contribution in [0, 0.1) is 5.92 Å². The van der Waals surface area contributed by atoms with Crippen molar-refractivity contribution in [3.8, 4) is 0 Å². The fourth-order valence-electron chi connectivity index (χ4n) is 0.736. The zero-order chi connectivity index (χ0) is 8.20. The van der Waals surface area contributed by atoms with E-state index in [0.29, 0.717) is 12.8 Å². The molecule has 62 valence electrons. The molecule has 0 nitrogen and oxygen atoms in total. The van der Waals surface area contributed by atoms with E-state index in [1.807, 2.05) is 0 Å². The Hall–Kier alpha value is 0.0800. The normalized spacial score (nSPS) is 18.9. The van der Waals surface area contributed by atoms with Crippen molar-refractivity contribution in [3.63, 3.8) is 0 Å². The fourth-order valence-corrected chi connectivity index (χ4v) is 0.736. The predicted octanol–water partition coefficient (Wildman–Crippen LogP) is 3.20. The number of hydrogen-bond donors (Lipinski definition) is 0. The zero-order valence-electron chi connectivity index (χ0n) is 5.71. The molecule has 0 bridgehead atoms. The van der Waals surface area contributed by atoms with Crippen LogP contribution in [0.2, 0.25) is 0 Å². The van der Waals surface area contributed by atoms with Crippen molar-refractivity contribution in [1.29, 1.82) is 0 Å². The largest absolute Gasteiger partial charge is 0.391 e. The number of alkyl halides is 4. The predicted molar refractivity (Wildman–Crippen MR) is 35.2 cm³/mol. The lowest BCUT2D eigenvalue weighted by atomic mass is 9.85. The second-order valence-electron chi connectivity index (χ2n) is 2.17. The molecule has 0 N–H and O–H groups in total. The van der Waals surface area contributed by atoms with Gasteiger partial charge in [-0.2, -0.15) is 13.2 Å². The van der Waals surface area contributed by atoms with E-state index in [9.17, 15) is 13.2 Å². The first-order chi connectivity index (χ1) is 4.61. The SMILES string of the molecule is CCl.FC(F)(F)C1CCC1. The molecular weight excluding hydrogens is 165 g/mol. The molecule has 1 saturated carbocycles. The van der Waals surface area contributed by atoms with Gasteiger partial charge in [-0.3, -0.25) is 0 Å².